The molecule has 15 heavy (non-hydrogen) atoms. The summed E-state index contributed by atoms with van der Waals surface area (Å²) in [5, 5.41) is 18.0. The van der Waals surface area contributed by atoms with E-state index in [1.807, 2.05) is 0 Å². The summed E-state index contributed by atoms with van der Waals surface area (Å²) in [7, 11) is 0. The lowest BCUT2D eigenvalue weighted by Gasteiger charge is -2.45. The van der Waals surface area contributed by atoms with Gasteiger partial charge in [0.05, 0.1) is 0 Å². The van der Waals surface area contributed by atoms with Crippen molar-refractivity contribution >= 4 is 0 Å². The number of aliphatic hydroxyl groups is 2. The van der Waals surface area contributed by atoms with E-state index in [1.165, 1.54) is 0 Å². The van der Waals surface area contributed by atoms with Crippen molar-refractivity contribution in [2.24, 2.45) is 22.9 Å². The molecule has 0 heterocycles. The van der Waals surface area contributed by atoms with E-state index in [-0.39, 0.29) is 0 Å². The van der Waals surface area contributed by atoms with Crippen LogP contribution in [-0.2, 0) is 0 Å². The molecule has 1 atom stereocenters. The summed E-state index contributed by atoms with van der Waals surface area (Å²) in [5.41, 5.74) is 13.2. The summed E-state index contributed by atoms with van der Waals surface area (Å²) in [5.74, 6) is -7.72. The van der Waals surface area contributed by atoms with Crippen LogP contribution in [0.3, 0.4) is 0 Å². The average molecular weight is 228 g/mol. The van der Waals surface area contributed by atoms with Crippen molar-refractivity contribution in [2.45, 2.75) is 23.4 Å². The molecule has 10 N–H and O–H groups in total. The van der Waals surface area contributed by atoms with Gasteiger partial charge in [-0.25, -0.2) is 4.39 Å². The monoisotopic (exact) mass is 228 g/mol. The summed E-state index contributed by atoms with van der Waals surface area (Å²) in [4.78, 5) is 0. The fourth-order valence-electron chi connectivity index (χ4n) is 1.19. The second-order valence-electron chi connectivity index (χ2n) is 3.49. The summed E-state index contributed by atoms with van der Waals surface area (Å²) < 4.78 is 39.7. The topological polar surface area (TPSA) is 145 Å². The van der Waals surface area contributed by atoms with Crippen LogP contribution in [-0.4, -0.2) is 33.6 Å². The summed E-state index contributed by atoms with van der Waals surface area (Å²) in [6.07, 6.45) is -2.85. The van der Waals surface area contributed by atoms with Gasteiger partial charge in [0.1, 0.15) is 0 Å². The maximum absolute atomic E-state index is 13.3. The highest BCUT2D eigenvalue weighted by Crippen LogP contribution is 2.42. The molecule has 0 saturated carbocycles. The summed E-state index contributed by atoms with van der Waals surface area (Å²) in [6, 6.07) is 0. The highest BCUT2D eigenvalue weighted by atomic mass is 19.3. The second-order valence-corrected chi connectivity index (χ2v) is 3.49. The minimum atomic E-state index is -4.27. The van der Waals surface area contributed by atoms with E-state index < -0.39 is 34.9 Å². The SMILES string of the molecule is NC1(N)C(F)=C(O)C(N)(N)C(F)(F)C1O. The number of hydrogen-bond donors (Lipinski definition) is 6. The van der Waals surface area contributed by atoms with Gasteiger partial charge >= 0.3 is 5.92 Å². The number of alkyl halides is 2. The van der Waals surface area contributed by atoms with Gasteiger partial charge in [-0.05, 0) is 0 Å². The zero-order chi connectivity index (χ0) is 12.2. The Hall–Kier alpha value is -0.870. The molecule has 0 bridgehead atoms. The Morgan fingerprint density at radius 1 is 1.13 bits per heavy atom. The van der Waals surface area contributed by atoms with Crippen molar-refractivity contribution in [3.63, 3.8) is 0 Å². The predicted octanol–water partition coefficient (Wildman–Crippen LogP) is -2.04. The first-order valence-electron chi connectivity index (χ1n) is 3.78. The Balaban J connectivity index is 3.48. The molecule has 0 aliphatic heterocycles. The fourth-order valence-corrected chi connectivity index (χ4v) is 1.19. The van der Waals surface area contributed by atoms with Gasteiger partial charge in [-0.15, -0.1) is 0 Å². The lowest BCUT2D eigenvalue weighted by Crippen LogP contribution is -2.79. The van der Waals surface area contributed by atoms with Crippen LogP contribution in [0.15, 0.2) is 11.6 Å². The maximum Gasteiger partial charge on any atom is 0.314 e. The molecule has 1 aliphatic carbocycles. The van der Waals surface area contributed by atoms with Crippen LogP contribution < -0.4 is 22.9 Å². The summed E-state index contributed by atoms with van der Waals surface area (Å²) in [6.45, 7) is 0. The molecule has 0 aromatic carbocycles. The quantitative estimate of drug-likeness (QED) is 0.263. The maximum atomic E-state index is 13.3. The number of nitrogens with two attached hydrogens (primary N) is 4. The van der Waals surface area contributed by atoms with Crippen LogP contribution in [0.1, 0.15) is 0 Å². The Labute approximate surface area is 82.3 Å². The largest absolute Gasteiger partial charge is 0.506 e. The molecule has 1 unspecified atom stereocenters. The standard InChI is InChI=1S/C6H11F3N4O2/c7-1-2(14)6(12,13)5(8,9)3(15)4(1,10)11/h3,14-15H,10-13H2. The Morgan fingerprint density at radius 2 is 1.53 bits per heavy atom. The minimum absolute atomic E-state index is 1.68. The average Bonchev–Trinajstić information content (AvgIpc) is 2.12. The first-order chi connectivity index (χ1) is 6.47. The molecule has 0 spiro atoms. The van der Waals surface area contributed by atoms with Crippen molar-refractivity contribution in [1.82, 2.24) is 0 Å². The van der Waals surface area contributed by atoms with Gasteiger partial charge in [-0.2, -0.15) is 8.78 Å². The molecule has 9 heteroatoms. The third-order valence-corrected chi connectivity index (χ3v) is 2.33. The second kappa shape index (κ2) is 2.83. The lowest BCUT2D eigenvalue weighted by atomic mass is 9.81. The molecule has 0 fully saturated rings. The Kier molecular flexibility index (Phi) is 2.30. The van der Waals surface area contributed by atoms with Gasteiger partial charge in [0.25, 0.3) is 0 Å². The predicted molar refractivity (Wildman–Crippen MR) is 43.9 cm³/mol. The first kappa shape index (κ1) is 12.2. The van der Waals surface area contributed by atoms with Crippen LogP contribution in [0, 0.1) is 0 Å². The van der Waals surface area contributed by atoms with E-state index in [4.69, 9.17) is 33.1 Å². The minimum Gasteiger partial charge on any atom is -0.506 e. The van der Waals surface area contributed by atoms with Crippen molar-refractivity contribution in [3.05, 3.63) is 11.6 Å². The van der Waals surface area contributed by atoms with Crippen LogP contribution in [0.2, 0.25) is 0 Å². The van der Waals surface area contributed by atoms with Crippen LogP contribution >= 0.6 is 0 Å². The van der Waals surface area contributed by atoms with E-state index in [9.17, 15) is 13.2 Å². The molecule has 0 aromatic rings. The number of rotatable bonds is 0. The third-order valence-electron chi connectivity index (χ3n) is 2.33. The number of hydrogen-bond acceptors (Lipinski definition) is 6. The van der Waals surface area contributed by atoms with E-state index in [2.05, 4.69) is 0 Å². The highest BCUT2D eigenvalue weighted by Gasteiger charge is 2.67. The van der Waals surface area contributed by atoms with Crippen molar-refractivity contribution in [3.8, 4) is 0 Å². The van der Waals surface area contributed by atoms with E-state index in [0.717, 1.165) is 0 Å². The smallest absolute Gasteiger partial charge is 0.314 e. The normalized spacial score (nSPS) is 32.9. The summed E-state index contributed by atoms with van der Waals surface area (Å²) >= 11 is 0. The Bertz CT molecular complexity index is 328. The molecule has 0 radical (unpaired) electrons. The fraction of sp³-hybridized carbons (Fsp3) is 0.667. The van der Waals surface area contributed by atoms with E-state index in [1.54, 1.807) is 0 Å². The lowest BCUT2D eigenvalue weighted by molar-refractivity contribution is -0.186. The van der Waals surface area contributed by atoms with Crippen molar-refractivity contribution in [1.29, 1.82) is 0 Å². The highest BCUT2D eigenvalue weighted by molar-refractivity contribution is 5.33. The Morgan fingerprint density at radius 3 is 1.93 bits per heavy atom. The molecule has 1 rings (SSSR count). The molecule has 0 saturated heterocycles. The molecule has 6 nitrogen and oxygen atoms in total. The van der Waals surface area contributed by atoms with Crippen molar-refractivity contribution in [2.75, 3.05) is 0 Å². The molecule has 1 aliphatic rings. The van der Waals surface area contributed by atoms with Gasteiger partial charge in [0, 0.05) is 0 Å². The number of halogens is 3. The van der Waals surface area contributed by atoms with Crippen molar-refractivity contribution < 1.29 is 23.4 Å². The molecular formula is C6H11F3N4O2. The first-order valence-corrected chi connectivity index (χ1v) is 3.78. The molecular weight excluding hydrogens is 217 g/mol. The van der Waals surface area contributed by atoms with Crippen LogP contribution in [0.4, 0.5) is 13.2 Å². The van der Waals surface area contributed by atoms with E-state index >= 15 is 0 Å². The van der Waals surface area contributed by atoms with Gasteiger partial charge in [-0.1, -0.05) is 0 Å². The van der Waals surface area contributed by atoms with E-state index in [0.29, 0.717) is 0 Å². The van der Waals surface area contributed by atoms with Gasteiger partial charge < -0.3 is 33.1 Å². The molecule has 0 amide bonds. The molecule has 88 valence electrons. The van der Waals surface area contributed by atoms with Crippen LogP contribution in [0.5, 0.6) is 0 Å². The zero-order valence-corrected chi connectivity index (χ0v) is 7.42. The van der Waals surface area contributed by atoms with Crippen LogP contribution in [0.25, 0.3) is 0 Å². The van der Waals surface area contributed by atoms with Gasteiger partial charge in [-0.3, -0.25) is 0 Å². The van der Waals surface area contributed by atoms with Gasteiger partial charge in [0.2, 0.25) is 0 Å². The van der Waals surface area contributed by atoms with Gasteiger partial charge in [0.15, 0.2) is 29.0 Å². The molecule has 0 aromatic heterocycles. The third kappa shape index (κ3) is 1.25. The zero-order valence-electron chi connectivity index (χ0n) is 7.42. The number of aliphatic hydroxyl groups excluding tert-OH is 2.